The molecule has 0 aliphatic carbocycles. The third-order valence-electron chi connectivity index (χ3n) is 5.01. The molecule has 0 spiro atoms. The summed E-state index contributed by atoms with van der Waals surface area (Å²) in [5.74, 6) is 2.07. The molecule has 1 atom stereocenters. The Morgan fingerprint density at radius 3 is 2.47 bits per heavy atom. The van der Waals surface area contributed by atoms with E-state index in [1.54, 1.807) is 20.4 Å². The van der Waals surface area contributed by atoms with E-state index >= 15 is 0 Å². The second kappa shape index (κ2) is 8.29. The summed E-state index contributed by atoms with van der Waals surface area (Å²) < 4.78 is 10.9. The van der Waals surface area contributed by atoms with Gasteiger partial charge in [0.2, 0.25) is 0 Å². The SMILES string of the molecule is COc1ccc([C@H](Nc2ccccn2)c2ccc3ccc(C)nc3c2O)cc1OC. The molecule has 152 valence electrons. The van der Waals surface area contributed by atoms with Gasteiger partial charge < -0.3 is 19.9 Å². The van der Waals surface area contributed by atoms with E-state index in [1.165, 1.54) is 0 Å². The zero-order valence-electron chi connectivity index (χ0n) is 17.1. The summed E-state index contributed by atoms with van der Waals surface area (Å²) in [4.78, 5) is 8.93. The minimum Gasteiger partial charge on any atom is -0.505 e. The molecule has 0 unspecified atom stereocenters. The lowest BCUT2D eigenvalue weighted by Gasteiger charge is -2.23. The van der Waals surface area contributed by atoms with E-state index in [0.29, 0.717) is 28.4 Å². The van der Waals surface area contributed by atoms with Gasteiger partial charge in [-0.25, -0.2) is 9.97 Å². The molecule has 2 heterocycles. The number of aryl methyl sites for hydroxylation is 1. The van der Waals surface area contributed by atoms with Crippen LogP contribution >= 0.6 is 0 Å². The van der Waals surface area contributed by atoms with Crippen molar-refractivity contribution in [1.82, 2.24) is 9.97 Å². The van der Waals surface area contributed by atoms with Crippen molar-refractivity contribution in [3.05, 3.63) is 83.7 Å². The van der Waals surface area contributed by atoms with Gasteiger partial charge in [-0.3, -0.25) is 0 Å². The zero-order valence-corrected chi connectivity index (χ0v) is 17.1. The topological polar surface area (TPSA) is 76.5 Å². The fourth-order valence-electron chi connectivity index (χ4n) is 3.49. The molecular weight excluding hydrogens is 378 g/mol. The molecule has 0 radical (unpaired) electrons. The molecule has 2 N–H and O–H groups in total. The molecule has 0 saturated carbocycles. The van der Waals surface area contributed by atoms with Crippen molar-refractivity contribution in [3.63, 3.8) is 0 Å². The summed E-state index contributed by atoms with van der Waals surface area (Å²) in [6.07, 6.45) is 1.72. The summed E-state index contributed by atoms with van der Waals surface area (Å²) in [6, 6.07) is 18.7. The first-order valence-electron chi connectivity index (χ1n) is 9.59. The first-order chi connectivity index (χ1) is 14.6. The molecule has 0 amide bonds. The number of phenols is 1. The standard InChI is InChI=1S/C24H23N3O3/c1-15-7-8-16-9-11-18(24(28)23(16)26-15)22(27-21-6-4-5-13-25-21)17-10-12-19(29-2)20(14-17)30-3/h4-14,22,28H,1-3H3,(H,25,27)/t22-/m0/s1. The van der Waals surface area contributed by atoms with Gasteiger partial charge in [0.05, 0.1) is 20.3 Å². The Morgan fingerprint density at radius 2 is 1.73 bits per heavy atom. The highest BCUT2D eigenvalue weighted by Crippen LogP contribution is 2.39. The number of methoxy groups -OCH3 is 2. The van der Waals surface area contributed by atoms with Gasteiger partial charge in [-0.1, -0.05) is 30.3 Å². The number of ether oxygens (including phenoxy) is 2. The summed E-state index contributed by atoms with van der Waals surface area (Å²) in [5, 5.41) is 15.4. The van der Waals surface area contributed by atoms with Crippen LogP contribution in [-0.2, 0) is 0 Å². The van der Waals surface area contributed by atoms with E-state index in [0.717, 1.165) is 16.6 Å². The molecule has 30 heavy (non-hydrogen) atoms. The predicted octanol–water partition coefficient (Wildman–Crippen LogP) is 4.86. The van der Waals surface area contributed by atoms with Crippen molar-refractivity contribution in [2.45, 2.75) is 13.0 Å². The van der Waals surface area contributed by atoms with E-state index in [-0.39, 0.29) is 11.8 Å². The van der Waals surface area contributed by atoms with Gasteiger partial charge in [0.25, 0.3) is 0 Å². The Balaban J connectivity index is 1.88. The number of hydrogen-bond acceptors (Lipinski definition) is 6. The number of pyridine rings is 2. The van der Waals surface area contributed by atoms with Crippen LogP contribution in [0.3, 0.4) is 0 Å². The molecule has 4 aromatic rings. The summed E-state index contributed by atoms with van der Waals surface area (Å²) in [5.41, 5.74) is 3.00. The van der Waals surface area contributed by atoms with Crippen LogP contribution in [0.25, 0.3) is 10.9 Å². The van der Waals surface area contributed by atoms with Gasteiger partial charge in [0.1, 0.15) is 17.1 Å². The van der Waals surface area contributed by atoms with Crippen LogP contribution < -0.4 is 14.8 Å². The van der Waals surface area contributed by atoms with Gasteiger partial charge in [0.15, 0.2) is 11.5 Å². The third kappa shape index (κ3) is 3.72. The van der Waals surface area contributed by atoms with Crippen molar-refractivity contribution in [2.24, 2.45) is 0 Å². The largest absolute Gasteiger partial charge is 0.505 e. The van der Waals surface area contributed by atoms with E-state index in [9.17, 15) is 5.11 Å². The van der Waals surface area contributed by atoms with E-state index in [2.05, 4.69) is 15.3 Å². The van der Waals surface area contributed by atoms with Crippen LogP contribution in [0.2, 0.25) is 0 Å². The van der Waals surface area contributed by atoms with Crippen molar-refractivity contribution in [3.8, 4) is 17.2 Å². The molecule has 0 aliphatic heterocycles. The first kappa shape index (κ1) is 19.5. The lowest BCUT2D eigenvalue weighted by molar-refractivity contribution is 0.354. The molecular formula is C24H23N3O3. The number of hydrogen-bond donors (Lipinski definition) is 2. The Labute approximate surface area is 175 Å². The minimum absolute atomic E-state index is 0.138. The highest BCUT2D eigenvalue weighted by Gasteiger charge is 2.22. The van der Waals surface area contributed by atoms with Crippen LogP contribution in [0.15, 0.2) is 66.9 Å². The van der Waals surface area contributed by atoms with Crippen molar-refractivity contribution < 1.29 is 14.6 Å². The molecule has 6 heteroatoms. The Morgan fingerprint density at radius 1 is 0.933 bits per heavy atom. The normalized spacial score (nSPS) is 11.8. The van der Waals surface area contributed by atoms with Crippen LogP contribution in [0.5, 0.6) is 17.2 Å². The molecule has 0 bridgehead atoms. The quantitative estimate of drug-likeness (QED) is 0.480. The fraction of sp³-hybridized carbons (Fsp3) is 0.167. The predicted molar refractivity (Wildman–Crippen MR) is 117 cm³/mol. The number of nitrogens with one attached hydrogen (secondary N) is 1. The number of nitrogens with zero attached hydrogens (tertiary/aromatic N) is 2. The maximum absolute atomic E-state index is 11.1. The van der Waals surface area contributed by atoms with Gasteiger partial charge >= 0.3 is 0 Å². The molecule has 2 aromatic heterocycles. The average molecular weight is 401 g/mol. The number of benzene rings is 2. The molecule has 6 nitrogen and oxygen atoms in total. The smallest absolute Gasteiger partial charge is 0.161 e. The Hall–Kier alpha value is -3.80. The fourth-order valence-corrected chi connectivity index (χ4v) is 3.49. The maximum atomic E-state index is 11.1. The maximum Gasteiger partial charge on any atom is 0.161 e. The van der Waals surface area contributed by atoms with E-state index < -0.39 is 0 Å². The average Bonchev–Trinajstić information content (AvgIpc) is 2.78. The number of phenolic OH excluding ortho intramolecular Hbond substituents is 1. The monoisotopic (exact) mass is 401 g/mol. The second-order valence-corrected chi connectivity index (χ2v) is 6.93. The molecule has 0 fully saturated rings. The van der Waals surface area contributed by atoms with Crippen LogP contribution in [-0.4, -0.2) is 29.3 Å². The number of aromatic nitrogens is 2. The van der Waals surface area contributed by atoms with E-state index in [4.69, 9.17) is 9.47 Å². The number of fused-ring (bicyclic) bond motifs is 1. The van der Waals surface area contributed by atoms with E-state index in [1.807, 2.05) is 67.6 Å². The van der Waals surface area contributed by atoms with Crippen LogP contribution in [0.4, 0.5) is 5.82 Å². The highest BCUT2D eigenvalue weighted by molar-refractivity contribution is 5.86. The van der Waals surface area contributed by atoms with Gasteiger partial charge in [-0.15, -0.1) is 0 Å². The second-order valence-electron chi connectivity index (χ2n) is 6.93. The summed E-state index contributed by atoms with van der Waals surface area (Å²) in [7, 11) is 3.20. The van der Waals surface area contributed by atoms with Crippen molar-refractivity contribution in [1.29, 1.82) is 0 Å². The lowest BCUT2D eigenvalue weighted by Crippen LogP contribution is -2.14. The molecule has 2 aromatic carbocycles. The lowest BCUT2D eigenvalue weighted by atomic mass is 9.95. The molecule has 0 saturated heterocycles. The van der Waals surface area contributed by atoms with Crippen molar-refractivity contribution >= 4 is 16.7 Å². The van der Waals surface area contributed by atoms with Gasteiger partial charge in [-0.2, -0.15) is 0 Å². The van der Waals surface area contributed by atoms with Crippen LogP contribution in [0, 0.1) is 6.92 Å². The van der Waals surface area contributed by atoms with Gasteiger partial charge in [0, 0.05) is 22.8 Å². The van der Waals surface area contributed by atoms with Crippen LogP contribution in [0.1, 0.15) is 22.9 Å². The third-order valence-corrected chi connectivity index (χ3v) is 5.01. The minimum atomic E-state index is -0.383. The summed E-state index contributed by atoms with van der Waals surface area (Å²) >= 11 is 0. The zero-order chi connectivity index (χ0) is 21.1. The Kier molecular flexibility index (Phi) is 5.39. The molecule has 0 aliphatic rings. The number of aromatic hydroxyl groups is 1. The van der Waals surface area contributed by atoms with Gasteiger partial charge in [-0.05, 0) is 42.8 Å². The number of rotatable bonds is 6. The summed E-state index contributed by atoms with van der Waals surface area (Å²) in [6.45, 7) is 1.91. The molecule has 4 rings (SSSR count). The Bertz CT molecular complexity index is 1180. The highest BCUT2D eigenvalue weighted by atomic mass is 16.5. The first-order valence-corrected chi connectivity index (χ1v) is 9.59. The van der Waals surface area contributed by atoms with Crippen molar-refractivity contribution in [2.75, 3.05) is 19.5 Å². The number of anilines is 1.